The zero-order valence-corrected chi connectivity index (χ0v) is 25.9. The molecular weight excluding hydrogens is 514 g/mol. The second kappa shape index (κ2) is 10.8. The maximum Gasteiger partial charge on any atom is 0.276 e. The van der Waals surface area contributed by atoms with Crippen LogP contribution in [0, 0.1) is 40.4 Å². The maximum absolute atomic E-state index is 13.3. The summed E-state index contributed by atoms with van der Waals surface area (Å²) in [7, 11) is 1.76. The lowest BCUT2D eigenvalue weighted by atomic mass is 9.47. The number of piperazine rings is 1. The normalized spacial score (nSPS) is 39.4. The molecule has 1 saturated heterocycles. The molecule has 0 bridgehead atoms. The molecule has 4 fully saturated rings. The van der Waals surface area contributed by atoms with Gasteiger partial charge in [-0.25, -0.2) is 0 Å². The summed E-state index contributed by atoms with van der Waals surface area (Å²) in [6, 6.07) is -0.0383. The first-order valence-corrected chi connectivity index (χ1v) is 16.3. The van der Waals surface area contributed by atoms with Crippen LogP contribution in [0.4, 0.5) is 0 Å². The highest BCUT2D eigenvalue weighted by atomic mass is 16.3. The van der Waals surface area contributed by atoms with Gasteiger partial charge >= 0.3 is 0 Å². The van der Waals surface area contributed by atoms with Crippen molar-refractivity contribution in [3.63, 3.8) is 0 Å². The number of rotatable bonds is 5. The van der Waals surface area contributed by atoms with Crippen molar-refractivity contribution in [2.75, 3.05) is 19.6 Å². The second-order valence-corrected chi connectivity index (χ2v) is 14.9. The van der Waals surface area contributed by atoms with Crippen molar-refractivity contribution in [2.24, 2.45) is 47.5 Å². The predicted molar refractivity (Wildman–Crippen MR) is 158 cm³/mol. The number of amides is 2. The first-order valence-electron chi connectivity index (χ1n) is 16.3. The zero-order chi connectivity index (χ0) is 29.1. The number of aromatic nitrogens is 3. The van der Waals surface area contributed by atoms with Gasteiger partial charge in [-0.05, 0) is 105 Å². The van der Waals surface area contributed by atoms with E-state index >= 15 is 0 Å². The van der Waals surface area contributed by atoms with Crippen LogP contribution < -0.4 is 0 Å². The highest BCUT2D eigenvalue weighted by molar-refractivity contribution is 5.92. The minimum Gasteiger partial charge on any atom is -0.393 e. The lowest BCUT2D eigenvalue weighted by Crippen LogP contribution is -2.55. The molecule has 0 radical (unpaired) electrons. The molecule has 1 aliphatic heterocycles. The van der Waals surface area contributed by atoms with Crippen molar-refractivity contribution in [2.45, 2.75) is 104 Å². The van der Waals surface area contributed by atoms with E-state index < -0.39 is 0 Å². The van der Waals surface area contributed by atoms with Crippen LogP contribution in [0.15, 0.2) is 17.8 Å². The summed E-state index contributed by atoms with van der Waals surface area (Å²) in [5, 5.41) is 18.2. The van der Waals surface area contributed by atoms with Gasteiger partial charge in [0, 0.05) is 39.1 Å². The fourth-order valence-corrected chi connectivity index (χ4v) is 10.4. The highest BCUT2D eigenvalue weighted by Crippen LogP contribution is 2.67. The quantitative estimate of drug-likeness (QED) is 0.516. The number of carbonyl (C=O) groups excluding carboxylic acids is 2. The van der Waals surface area contributed by atoms with Crippen LogP contribution in [0.3, 0.4) is 0 Å². The molecule has 0 spiro atoms. The molecule has 2 heterocycles. The Kier molecular flexibility index (Phi) is 7.61. The molecule has 8 nitrogen and oxygen atoms in total. The number of hydrogen-bond donors (Lipinski definition) is 1. The number of hydrogen-bond acceptors (Lipinski definition) is 5. The predicted octanol–water partition coefficient (Wildman–Crippen LogP) is 4.84. The second-order valence-electron chi connectivity index (χ2n) is 14.9. The van der Waals surface area contributed by atoms with Gasteiger partial charge in [0.15, 0.2) is 5.69 Å². The molecule has 8 heteroatoms. The number of aliphatic hydroxyl groups is 1. The molecule has 3 saturated carbocycles. The third kappa shape index (κ3) is 4.96. The SMILES string of the molecule is CC(CCC(=O)N1CCN(C(=O)c2cn(C)nn2)[C@@H](C)C1)[C@H]1CC[C@H]2[C@@H]3CC=C4C[C@@H](O)CC[C@]4(C)[C@H]3CC[C@]12C. The molecule has 0 aromatic carbocycles. The molecule has 9 atom stereocenters. The average molecular weight is 566 g/mol. The van der Waals surface area contributed by atoms with Gasteiger partial charge in [-0.1, -0.05) is 37.6 Å². The summed E-state index contributed by atoms with van der Waals surface area (Å²) < 4.78 is 1.54. The topological polar surface area (TPSA) is 91.6 Å². The number of aryl methyl sites for hydroxylation is 1. The number of nitrogens with zero attached hydrogens (tertiary/aromatic N) is 5. The smallest absolute Gasteiger partial charge is 0.276 e. The Hall–Kier alpha value is -2.22. The van der Waals surface area contributed by atoms with E-state index in [1.807, 2.05) is 16.7 Å². The van der Waals surface area contributed by atoms with Crippen LogP contribution in [0.2, 0.25) is 0 Å². The lowest BCUT2D eigenvalue weighted by molar-refractivity contribution is -0.134. The minimum absolute atomic E-state index is 0.0383. The Morgan fingerprint density at radius 1 is 1.12 bits per heavy atom. The fourth-order valence-electron chi connectivity index (χ4n) is 10.4. The molecule has 1 aromatic heterocycles. The zero-order valence-electron chi connectivity index (χ0n) is 25.9. The van der Waals surface area contributed by atoms with Crippen molar-refractivity contribution in [3.8, 4) is 0 Å². The number of carbonyl (C=O) groups is 2. The van der Waals surface area contributed by atoms with Crippen LogP contribution in [-0.2, 0) is 11.8 Å². The van der Waals surface area contributed by atoms with Gasteiger partial charge in [0.1, 0.15) is 0 Å². The fraction of sp³-hybridized carbons (Fsp3) is 0.818. The third-order valence-electron chi connectivity index (χ3n) is 12.7. The molecular formula is C33H51N5O3. The summed E-state index contributed by atoms with van der Waals surface area (Å²) >= 11 is 0. The van der Waals surface area contributed by atoms with Crippen molar-refractivity contribution in [1.82, 2.24) is 24.8 Å². The van der Waals surface area contributed by atoms with Crippen molar-refractivity contribution in [1.29, 1.82) is 0 Å². The summed E-state index contributed by atoms with van der Waals surface area (Å²) in [6.07, 6.45) is 15.1. The van der Waals surface area contributed by atoms with Crippen molar-refractivity contribution in [3.05, 3.63) is 23.5 Å². The van der Waals surface area contributed by atoms with Crippen LogP contribution in [0.1, 0.15) is 102 Å². The van der Waals surface area contributed by atoms with Gasteiger partial charge in [-0.2, -0.15) is 0 Å². The standard InChI is InChI=1S/C33H51N5O3/c1-21(6-11-30(40)37-16-17-38(22(2)19-37)31(41)29-20-36(5)35-34-29)26-9-10-27-25-8-7-23-18-24(39)12-14-32(23,3)28(25)13-15-33(26,27)4/h7,20-22,24-28,39H,6,8-19H2,1-5H3/t21?,22-,24-,25-,26+,27-,28-,32-,33+/m0/s1. The van der Waals surface area contributed by atoms with Gasteiger partial charge in [-0.3, -0.25) is 14.3 Å². The molecule has 1 unspecified atom stereocenters. The average Bonchev–Trinajstić information content (AvgIpc) is 3.54. The summed E-state index contributed by atoms with van der Waals surface area (Å²) in [5.41, 5.74) is 2.58. The van der Waals surface area contributed by atoms with Crippen LogP contribution in [-0.4, -0.2) is 73.5 Å². The molecule has 6 rings (SSSR count). The van der Waals surface area contributed by atoms with E-state index in [0.717, 1.165) is 43.4 Å². The summed E-state index contributed by atoms with van der Waals surface area (Å²) in [4.78, 5) is 30.0. The van der Waals surface area contributed by atoms with E-state index in [1.54, 1.807) is 23.5 Å². The van der Waals surface area contributed by atoms with E-state index in [4.69, 9.17) is 0 Å². The minimum atomic E-state index is -0.141. The molecule has 226 valence electrons. The summed E-state index contributed by atoms with van der Waals surface area (Å²) in [6.45, 7) is 11.2. The third-order valence-corrected chi connectivity index (χ3v) is 12.7. The molecule has 41 heavy (non-hydrogen) atoms. The molecule has 2 amide bonds. The van der Waals surface area contributed by atoms with Gasteiger partial charge in [0.05, 0.1) is 12.3 Å². The first-order chi connectivity index (χ1) is 19.5. The number of fused-ring (bicyclic) bond motifs is 5. The largest absolute Gasteiger partial charge is 0.393 e. The number of aliphatic hydroxyl groups excluding tert-OH is 1. The van der Waals surface area contributed by atoms with Crippen LogP contribution >= 0.6 is 0 Å². The molecule has 4 aliphatic carbocycles. The Bertz CT molecular complexity index is 1200. The van der Waals surface area contributed by atoms with Gasteiger partial charge in [-0.15, -0.1) is 5.10 Å². The highest BCUT2D eigenvalue weighted by Gasteiger charge is 2.59. The Balaban J connectivity index is 1.04. The van der Waals surface area contributed by atoms with E-state index in [2.05, 4.69) is 37.2 Å². The first kappa shape index (κ1) is 28.9. The monoisotopic (exact) mass is 565 g/mol. The van der Waals surface area contributed by atoms with Crippen LogP contribution in [0.25, 0.3) is 0 Å². The van der Waals surface area contributed by atoms with Gasteiger partial charge in [0.25, 0.3) is 5.91 Å². The van der Waals surface area contributed by atoms with E-state index in [-0.39, 0.29) is 24.0 Å². The van der Waals surface area contributed by atoms with Crippen LogP contribution in [0.5, 0.6) is 0 Å². The maximum atomic E-state index is 13.3. The van der Waals surface area contributed by atoms with E-state index in [1.165, 1.54) is 32.1 Å². The van der Waals surface area contributed by atoms with Gasteiger partial charge < -0.3 is 14.9 Å². The Morgan fingerprint density at radius 2 is 1.93 bits per heavy atom. The van der Waals surface area contributed by atoms with Gasteiger partial charge in [0.2, 0.25) is 5.91 Å². The van der Waals surface area contributed by atoms with Crippen molar-refractivity contribution < 1.29 is 14.7 Å². The molecule has 1 aromatic rings. The number of allylic oxidation sites excluding steroid dienone is 1. The van der Waals surface area contributed by atoms with Crippen molar-refractivity contribution >= 4 is 11.8 Å². The van der Waals surface area contributed by atoms with E-state index in [0.29, 0.717) is 54.4 Å². The summed E-state index contributed by atoms with van der Waals surface area (Å²) in [5.74, 6) is 3.68. The lowest BCUT2D eigenvalue weighted by Gasteiger charge is -2.58. The Labute approximate surface area is 245 Å². The Morgan fingerprint density at radius 3 is 2.66 bits per heavy atom. The van der Waals surface area contributed by atoms with E-state index in [9.17, 15) is 14.7 Å². The molecule has 5 aliphatic rings. The molecule has 1 N–H and O–H groups in total.